The van der Waals surface area contributed by atoms with Gasteiger partial charge in [0.05, 0.1) is 11.4 Å². The fourth-order valence-electron chi connectivity index (χ4n) is 3.20. The summed E-state index contributed by atoms with van der Waals surface area (Å²) >= 11 is 1.73. The van der Waals surface area contributed by atoms with Crippen LogP contribution < -0.4 is 4.90 Å². The minimum absolute atomic E-state index is 0.919. The Morgan fingerprint density at radius 3 is 2.52 bits per heavy atom. The number of hydrogen-bond acceptors (Lipinski definition) is 6. The van der Waals surface area contributed by atoms with E-state index in [1.165, 1.54) is 11.1 Å². The number of anilines is 1. The van der Waals surface area contributed by atoms with Crippen LogP contribution in [0, 0.1) is 13.8 Å². The summed E-state index contributed by atoms with van der Waals surface area (Å²) in [4.78, 5) is 9.69. The largest absolute Gasteiger partial charge is 0.361 e. The van der Waals surface area contributed by atoms with Gasteiger partial charge in [-0.15, -0.1) is 11.3 Å². The third-order valence-electron chi connectivity index (χ3n) is 4.77. The van der Waals surface area contributed by atoms with Gasteiger partial charge in [0.1, 0.15) is 5.76 Å². The first-order chi connectivity index (χ1) is 12.2. The Morgan fingerprint density at radius 1 is 1.08 bits per heavy atom. The van der Waals surface area contributed by atoms with E-state index in [1.54, 1.807) is 11.3 Å². The van der Waals surface area contributed by atoms with Crippen LogP contribution in [0.5, 0.6) is 0 Å². The van der Waals surface area contributed by atoms with Crippen LogP contribution in [0.1, 0.15) is 17.0 Å². The van der Waals surface area contributed by atoms with Crippen molar-refractivity contribution in [2.24, 2.45) is 0 Å². The van der Waals surface area contributed by atoms with Gasteiger partial charge in [-0.2, -0.15) is 0 Å². The second-order valence-corrected chi connectivity index (χ2v) is 7.28. The smallest absolute Gasteiger partial charge is 0.185 e. The first kappa shape index (κ1) is 16.3. The molecule has 0 aliphatic carbocycles. The van der Waals surface area contributed by atoms with E-state index in [0.29, 0.717) is 0 Å². The van der Waals surface area contributed by atoms with Crippen LogP contribution >= 0.6 is 11.3 Å². The van der Waals surface area contributed by atoms with Crippen molar-refractivity contribution >= 4 is 16.5 Å². The zero-order chi connectivity index (χ0) is 17.2. The van der Waals surface area contributed by atoms with Crippen molar-refractivity contribution in [2.45, 2.75) is 20.4 Å². The fraction of sp³-hybridized carbons (Fsp3) is 0.368. The summed E-state index contributed by atoms with van der Waals surface area (Å²) < 4.78 is 5.28. The molecule has 1 aliphatic rings. The predicted octanol–water partition coefficient (Wildman–Crippen LogP) is 3.74. The number of nitrogens with zero attached hydrogens (tertiary/aromatic N) is 4. The zero-order valence-corrected chi connectivity index (χ0v) is 15.4. The summed E-state index contributed by atoms with van der Waals surface area (Å²) in [6.07, 6.45) is 0. The van der Waals surface area contributed by atoms with Crippen molar-refractivity contribution in [3.05, 3.63) is 52.7 Å². The van der Waals surface area contributed by atoms with E-state index in [1.807, 2.05) is 19.9 Å². The summed E-state index contributed by atoms with van der Waals surface area (Å²) in [6.45, 7) is 9.00. The number of aryl methyl sites for hydroxylation is 2. The Bertz CT molecular complexity index is 815. The van der Waals surface area contributed by atoms with Crippen LogP contribution in [0.2, 0.25) is 0 Å². The standard InChI is InChI=1S/C19H22N4OS/c1-14-17(15(2)24-21-14)12-22-8-10-23(11-9-22)19-20-18(13-25-19)16-6-4-3-5-7-16/h3-7,13H,8-12H2,1-2H3. The van der Waals surface area contributed by atoms with E-state index < -0.39 is 0 Å². The number of piperazine rings is 1. The zero-order valence-electron chi connectivity index (χ0n) is 14.6. The quantitative estimate of drug-likeness (QED) is 0.714. The molecule has 25 heavy (non-hydrogen) atoms. The monoisotopic (exact) mass is 354 g/mol. The first-order valence-electron chi connectivity index (χ1n) is 8.61. The highest BCUT2D eigenvalue weighted by Gasteiger charge is 2.21. The molecule has 4 rings (SSSR count). The van der Waals surface area contributed by atoms with Gasteiger partial charge in [-0.05, 0) is 13.8 Å². The lowest BCUT2D eigenvalue weighted by Crippen LogP contribution is -2.46. The number of aromatic nitrogens is 2. The lowest BCUT2D eigenvalue weighted by atomic mass is 10.2. The molecular formula is C19H22N4OS. The van der Waals surface area contributed by atoms with Gasteiger partial charge in [0.25, 0.3) is 0 Å². The normalized spacial score (nSPS) is 15.7. The maximum Gasteiger partial charge on any atom is 0.185 e. The van der Waals surface area contributed by atoms with Gasteiger partial charge in [0.2, 0.25) is 0 Å². The van der Waals surface area contributed by atoms with Gasteiger partial charge in [0, 0.05) is 49.2 Å². The van der Waals surface area contributed by atoms with Gasteiger partial charge in [-0.25, -0.2) is 4.98 Å². The van der Waals surface area contributed by atoms with E-state index in [9.17, 15) is 0 Å². The van der Waals surface area contributed by atoms with Gasteiger partial charge in [-0.1, -0.05) is 35.5 Å². The van der Waals surface area contributed by atoms with Gasteiger partial charge >= 0.3 is 0 Å². The average molecular weight is 354 g/mol. The van der Waals surface area contributed by atoms with Crippen LogP contribution in [0.3, 0.4) is 0 Å². The molecule has 0 amide bonds. The molecule has 5 nitrogen and oxygen atoms in total. The number of rotatable bonds is 4. The maximum absolute atomic E-state index is 5.28. The van der Waals surface area contributed by atoms with Crippen molar-refractivity contribution in [1.29, 1.82) is 0 Å². The Labute approximate surface area is 151 Å². The lowest BCUT2D eigenvalue weighted by molar-refractivity contribution is 0.248. The molecule has 0 saturated carbocycles. The minimum atomic E-state index is 0.919. The van der Waals surface area contributed by atoms with Gasteiger partial charge in [-0.3, -0.25) is 4.90 Å². The summed E-state index contributed by atoms with van der Waals surface area (Å²) in [5.74, 6) is 0.937. The molecule has 1 saturated heterocycles. The minimum Gasteiger partial charge on any atom is -0.361 e. The maximum atomic E-state index is 5.28. The highest BCUT2D eigenvalue weighted by atomic mass is 32.1. The van der Waals surface area contributed by atoms with Crippen molar-refractivity contribution in [1.82, 2.24) is 15.0 Å². The van der Waals surface area contributed by atoms with Crippen molar-refractivity contribution < 1.29 is 4.52 Å². The van der Waals surface area contributed by atoms with Gasteiger partial charge in [0.15, 0.2) is 5.13 Å². The molecule has 6 heteroatoms. The Balaban J connectivity index is 1.38. The predicted molar refractivity (Wildman–Crippen MR) is 101 cm³/mol. The molecular weight excluding hydrogens is 332 g/mol. The summed E-state index contributed by atoms with van der Waals surface area (Å²) in [5, 5.41) is 7.33. The van der Waals surface area contributed by atoms with Crippen LogP contribution in [0.4, 0.5) is 5.13 Å². The van der Waals surface area contributed by atoms with E-state index >= 15 is 0 Å². The molecule has 0 unspecified atom stereocenters. The van der Waals surface area contributed by atoms with E-state index in [-0.39, 0.29) is 0 Å². The third-order valence-corrected chi connectivity index (χ3v) is 5.67. The van der Waals surface area contributed by atoms with Crippen molar-refractivity contribution in [2.75, 3.05) is 31.1 Å². The molecule has 130 valence electrons. The molecule has 3 aromatic rings. The second kappa shape index (κ2) is 6.98. The first-order valence-corrected chi connectivity index (χ1v) is 9.48. The molecule has 1 aromatic carbocycles. The SMILES string of the molecule is Cc1noc(C)c1CN1CCN(c2nc(-c3ccccc3)cs2)CC1. The molecule has 3 heterocycles. The summed E-state index contributed by atoms with van der Waals surface area (Å²) in [5.41, 5.74) is 4.49. The fourth-order valence-corrected chi connectivity index (χ4v) is 4.09. The third kappa shape index (κ3) is 3.45. The molecule has 0 spiro atoms. The van der Waals surface area contributed by atoms with Crippen LogP contribution in [-0.2, 0) is 6.54 Å². The van der Waals surface area contributed by atoms with E-state index in [2.05, 4.69) is 44.6 Å². The van der Waals surface area contributed by atoms with Crippen molar-refractivity contribution in [3.8, 4) is 11.3 Å². The molecule has 1 fully saturated rings. The Hall–Kier alpha value is -2.18. The van der Waals surface area contributed by atoms with E-state index in [4.69, 9.17) is 9.51 Å². The number of benzene rings is 1. The van der Waals surface area contributed by atoms with Crippen molar-refractivity contribution in [3.63, 3.8) is 0 Å². The Kier molecular flexibility index (Phi) is 4.55. The van der Waals surface area contributed by atoms with Crippen LogP contribution in [-0.4, -0.2) is 41.2 Å². The number of thiazole rings is 1. The summed E-state index contributed by atoms with van der Waals surface area (Å²) in [6, 6.07) is 10.4. The molecule has 0 radical (unpaired) electrons. The van der Waals surface area contributed by atoms with Gasteiger partial charge < -0.3 is 9.42 Å². The van der Waals surface area contributed by atoms with Crippen LogP contribution in [0.15, 0.2) is 40.2 Å². The molecule has 1 aliphatic heterocycles. The van der Waals surface area contributed by atoms with Crippen LogP contribution in [0.25, 0.3) is 11.3 Å². The average Bonchev–Trinajstić information content (AvgIpc) is 3.26. The second-order valence-electron chi connectivity index (χ2n) is 6.45. The lowest BCUT2D eigenvalue weighted by Gasteiger charge is -2.34. The van der Waals surface area contributed by atoms with E-state index in [0.717, 1.165) is 55.0 Å². The Morgan fingerprint density at radius 2 is 1.84 bits per heavy atom. The molecule has 0 atom stereocenters. The highest BCUT2D eigenvalue weighted by molar-refractivity contribution is 7.14. The molecule has 0 bridgehead atoms. The topological polar surface area (TPSA) is 45.4 Å². The number of hydrogen-bond donors (Lipinski definition) is 0. The molecule has 2 aromatic heterocycles. The molecule has 0 N–H and O–H groups in total. The summed E-state index contributed by atoms with van der Waals surface area (Å²) in [7, 11) is 0. The highest BCUT2D eigenvalue weighted by Crippen LogP contribution is 2.28.